The molecular formula is C15H23BClNO2. The average molecular weight is 296 g/mol. The summed E-state index contributed by atoms with van der Waals surface area (Å²) in [5, 5.41) is 3.46. The van der Waals surface area contributed by atoms with E-state index in [2.05, 4.69) is 51.2 Å². The number of fused-ring (bicyclic) bond motifs is 1. The normalized spacial score (nSPS) is 22.7. The number of halogens is 1. The van der Waals surface area contributed by atoms with Crippen LogP contribution in [-0.4, -0.2) is 24.9 Å². The summed E-state index contributed by atoms with van der Waals surface area (Å²) in [5.41, 5.74) is 3.22. The number of nitrogens with one attached hydrogen (secondary N) is 1. The summed E-state index contributed by atoms with van der Waals surface area (Å²) in [5.74, 6) is 0. The third kappa shape index (κ3) is 2.45. The molecule has 0 atom stereocenters. The molecule has 20 heavy (non-hydrogen) atoms. The van der Waals surface area contributed by atoms with Crippen LogP contribution in [0.15, 0.2) is 18.2 Å². The average Bonchev–Trinajstić information content (AvgIpc) is 2.58. The van der Waals surface area contributed by atoms with Crippen molar-refractivity contribution in [3.8, 4) is 0 Å². The quantitative estimate of drug-likeness (QED) is 0.808. The topological polar surface area (TPSA) is 30.5 Å². The fraction of sp³-hybridized carbons (Fsp3) is 0.600. The van der Waals surface area contributed by atoms with Crippen molar-refractivity contribution in [1.82, 2.24) is 0 Å². The Morgan fingerprint density at radius 3 is 2.40 bits per heavy atom. The highest BCUT2D eigenvalue weighted by molar-refractivity contribution is 6.62. The molecule has 0 radical (unpaired) electrons. The van der Waals surface area contributed by atoms with E-state index in [-0.39, 0.29) is 30.7 Å². The minimum Gasteiger partial charge on any atom is -0.399 e. The lowest BCUT2D eigenvalue weighted by Crippen LogP contribution is -2.41. The van der Waals surface area contributed by atoms with Gasteiger partial charge in [-0.25, -0.2) is 0 Å². The molecule has 2 aliphatic rings. The van der Waals surface area contributed by atoms with Gasteiger partial charge in [-0.05, 0) is 57.6 Å². The number of hydrogen-bond donors (Lipinski definition) is 1. The molecule has 2 aliphatic heterocycles. The van der Waals surface area contributed by atoms with Gasteiger partial charge in [0.25, 0.3) is 0 Å². The SMILES string of the molecule is CC1(C)OB(c2cccc3c2CCCN3)OC1(C)C.Cl. The first-order valence-corrected chi connectivity index (χ1v) is 7.12. The molecule has 1 aromatic carbocycles. The van der Waals surface area contributed by atoms with Crippen LogP contribution >= 0.6 is 12.4 Å². The van der Waals surface area contributed by atoms with Crippen LogP contribution in [-0.2, 0) is 15.7 Å². The van der Waals surface area contributed by atoms with Gasteiger partial charge in [0, 0.05) is 12.2 Å². The van der Waals surface area contributed by atoms with Crippen molar-refractivity contribution in [2.24, 2.45) is 0 Å². The van der Waals surface area contributed by atoms with Gasteiger partial charge in [0.2, 0.25) is 0 Å². The minimum absolute atomic E-state index is 0. The van der Waals surface area contributed by atoms with Crippen molar-refractivity contribution < 1.29 is 9.31 Å². The van der Waals surface area contributed by atoms with Crippen molar-refractivity contribution in [1.29, 1.82) is 0 Å². The van der Waals surface area contributed by atoms with E-state index >= 15 is 0 Å². The van der Waals surface area contributed by atoms with Crippen molar-refractivity contribution in [3.05, 3.63) is 23.8 Å². The number of rotatable bonds is 1. The highest BCUT2D eigenvalue weighted by atomic mass is 35.5. The largest absolute Gasteiger partial charge is 0.495 e. The van der Waals surface area contributed by atoms with E-state index in [0.717, 1.165) is 13.0 Å². The lowest BCUT2D eigenvalue weighted by molar-refractivity contribution is 0.00578. The van der Waals surface area contributed by atoms with Crippen LogP contribution in [0.25, 0.3) is 0 Å². The van der Waals surface area contributed by atoms with E-state index < -0.39 is 0 Å². The van der Waals surface area contributed by atoms with Gasteiger partial charge < -0.3 is 14.6 Å². The summed E-state index contributed by atoms with van der Waals surface area (Å²) in [6.45, 7) is 9.45. The zero-order valence-electron chi connectivity index (χ0n) is 12.7. The van der Waals surface area contributed by atoms with Gasteiger partial charge in [-0.1, -0.05) is 12.1 Å². The predicted molar refractivity (Wildman–Crippen MR) is 86.2 cm³/mol. The molecule has 0 bridgehead atoms. The first-order valence-electron chi connectivity index (χ1n) is 7.12. The Morgan fingerprint density at radius 2 is 1.75 bits per heavy atom. The molecule has 0 aliphatic carbocycles. The van der Waals surface area contributed by atoms with Crippen LogP contribution in [0.3, 0.4) is 0 Å². The summed E-state index contributed by atoms with van der Waals surface area (Å²) in [6.07, 6.45) is 2.27. The van der Waals surface area contributed by atoms with Crippen LogP contribution in [0.2, 0.25) is 0 Å². The smallest absolute Gasteiger partial charge is 0.399 e. The molecular weight excluding hydrogens is 272 g/mol. The van der Waals surface area contributed by atoms with Gasteiger partial charge in [-0.15, -0.1) is 12.4 Å². The summed E-state index contributed by atoms with van der Waals surface area (Å²) < 4.78 is 12.3. The molecule has 1 N–H and O–H groups in total. The zero-order chi connectivity index (χ0) is 13.7. The van der Waals surface area contributed by atoms with Crippen LogP contribution in [0.1, 0.15) is 39.7 Å². The van der Waals surface area contributed by atoms with Gasteiger partial charge in [0.05, 0.1) is 11.2 Å². The Morgan fingerprint density at radius 1 is 1.10 bits per heavy atom. The fourth-order valence-electron chi connectivity index (χ4n) is 2.73. The van der Waals surface area contributed by atoms with Gasteiger partial charge >= 0.3 is 7.12 Å². The monoisotopic (exact) mass is 295 g/mol. The predicted octanol–water partition coefficient (Wildman–Crippen LogP) is 2.77. The molecule has 1 fully saturated rings. The second-order valence-corrected chi connectivity index (χ2v) is 6.49. The summed E-state index contributed by atoms with van der Waals surface area (Å²) in [4.78, 5) is 0. The van der Waals surface area contributed by atoms with Gasteiger partial charge in [-0.3, -0.25) is 0 Å². The lowest BCUT2D eigenvalue weighted by atomic mass is 9.74. The number of anilines is 1. The Kier molecular flexibility index (Phi) is 4.11. The molecule has 1 aromatic rings. The molecule has 0 saturated carbocycles. The van der Waals surface area contributed by atoms with Crippen LogP contribution in [0.4, 0.5) is 5.69 Å². The van der Waals surface area contributed by atoms with Crippen LogP contribution in [0, 0.1) is 0 Å². The molecule has 0 unspecified atom stereocenters. The second kappa shape index (κ2) is 5.25. The van der Waals surface area contributed by atoms with Crippen LogP contribution in [0.5, 0.6) is 0 Å². The maximum Gasteiger partial charge on any atom is 0.495 e. The zero-order valence-corrected chi connectivity index (χ0v) is 13.5. The first-order chi connectivity index (χ1) is 8.91. The maximum atomic E-state index is 6.17. The van der Waals surface area contributed by atoms with Gasteiger partial charge in [0.15, 0.2) is 0 Å². The first kappa shape index (κ1) is 15.7. The third-order valence-electron chi connectivity index (χ3n) is 4.64. The van der Waals surface area contributed by atoms with E-state index in [9.17, 15) is 0 Å². The Labute approximate surface area is 128 Å². The molecule has 0 amide bonds. The highest BCUT2D eigenvalue weighted by Gasteiger charge is 2.52. The van der Waals surface area contributed by atoms with E-state index in [1.54, 1.807) is 0 Å². The van der Waals surface area contributed by atoms with Crippen molar-refractivity contribution in [2.75, 3.05) is 11.9 Å². The summed E-state index contributed by atoms with van der Waals surface area (Å²) in [7, 11) is -0.250. The number of hydrogen-bond acceptors (Lipinski definition) is 3. The molecule has 0 spiro atoms. The summed E-state index contributed by atoms with van der Waals surface area (Å²) in [6, 6.07) is 6.36. The Hall–Kier alpha value is -0.705. The molecule has 0 aromatic heterocycles. The standard InChI is InChI=1S/C15H22BNO2.ClH/c1-14(2)15(3,4)19-16(18-14)12-8-5-9-13-11(12)7-6-10-17-13;/h5,8-9,17H,6-7,10H2,1-4H3;1H. The van der Waals surface area contributed by atoms with Crippen molar-refractivity contribution in [3.63, 3.8) is 0 Å². The maximum absolute atomic E-state index is 6.17. The van der Waals surface area contributed by atoms with E-state index in [4.69, 9.17) is 9.31 Å². The molecule has 5 heteroatoms. The van der Waals surface area contributed by atoms with Gasteiger partial charge in [-0.2, -0.15) is 0 Å². The highest BCUT2D eigenvalue weighted by Crippen LogP contribution is 2.37. The van der Waals surface area contributed by atoms with E-state index in [0.29, 0.717) is 0 Å². The molecule has 2 heterocycles. The minimum atomic E-state index is -0.275. The molecule has 3 nitrogen and oxygen atoms in total. The van der Waals surface area contributed by atoms with E-state index in [1.165, 1.54) is 23.1 Å². The molecule has 3 rings (SSSR count). The molecule has 1 saturated heterocycles. The lowest BCUT2D eigenvalue weighted by Gasteiger charge is -2.32. The van der Waals surface area contributed by atoms with Crippen molar-refractivity contribution in [2.45, 2.75) is 51.7 Å². The third-order valence-corrected chi connectivity index (χ3v) is 4.64. The Bertz CT molecular complexity index is 489. The Balaban J connectivity index is 0.00000147. The second-order valence-electron chi connectivity index (χ2n) is 6.49. The summed E-state index contributed by atoms with van der Waals surface area (Å²) >= 11 is 0. The van der Waals surface area contributed by atoms with Crippen LogP contribution < -0.4 is 10.8 Å². The fourth-order valence-corrected chi connectivity index (χ4v) is 2.73. The van der Waals surface area contributed by atoms with Gasteiger partial charge in [0.1, 0.15) is 0 Å². The number of benzene rings is 1. The molecule has 110 valence electrons. The van der Waals surface area contributed by atoms with Crippen molar-refractivity contribution >= 4 is 30.7 Å². The van der Waals surface area contributed by atoms with E-state index in [1.807, 2.05) is 0 Å².